The van der Waals surface area contributed by atoms with Crippen LogP contribution in [0.3, 0.4) is 0 Å². The molecule has 5 N–H and O–H groups in total. The number of phenols is 3. The molecule has 0 aromatic heterocycles. The summed E-state index contributed by atoms with van der Waals surface area (Å²) in [6.45, 7) is 0. The zero-order valence-electron chi connectivity index (χ0n) is 28.0. The second-order valence-electron chi connectivity index (χ2n) is 10.0. The fourth-order valence-corrected chi connectivity index (χ4v) is 6.96. The van der Waals surface area contributed by atoms with Gasteiger partial charge in [-0.05, 0) is 71.4 Å². The molecule has 0 unspecified atom stereocenters. The van der Waals surface area contributed by atoms with Crippen molar-refractivity contribution < 1.29 is 185 Å². The van der Waals surface area contributed by atoms with E-state index >= 15 is 0 Å². The number of nitrogens with two attached hydrogens (primary N) is 1. The first-order chi connectivity index (χ1) is 23.0. The first-order valence-corrected chi connectivity index (χ1v) is 18.5. The number of benzene rings is 5. The molecule has 0 aliphatic rings. The van der Waals surface area contributed by atoms with Crippen LogP contribution in [0, 0.1) is 0 Å². The Morgan fingerprint density at radius 2 is 0.833 bits per heavy atom. The van der Waals surface area contributed by atoms with Crippen molar-refractivity contribution in [1.29, 1.82) is 0 Å². The molecule has 5 aromatic rings. The van der Waals surface area contributed by atoms with Crippen molar-refractivity contribution in [1.82, 2.24) is 0 Å². The van der Waals surface area contributed by atoms with Crippen LogP contribution in [0.25, 0.3) is 21.5 Å². The predicted molar refractivity (Wildman–Crippen MR) is 164 cm³/mol. The van der Waals surface area contributed by atoms with E-state index in [1.807, 2.05) is 0 Å². The summed E-state index contributed by atoms with van der Waals surface area (Å²) >= 11 is 0. The SMILES string of the molecule is Nc1cc(S(=O)(=O)[O-])cc2cc(S(=O)(=O)[O-])c(N=Nc3ccc(N=Nc4c(S(=O)(=O)[O-])cc5cc(S(=O)(=O)[O-])cc(O)c5c4O)cc3)c(O)c12.[Na+].[Na+].[Na+].[Na+]. The second kappa shape index (κ2) is 18.5. The van der Waals surface area contributed by atoms with E-state index in [0.717, 1.165) is 0 Å². The maximum Gasteiger partial charge on any atom is 1.00 e. The Hall–Kier alpha value is -1.34. The van der Waals surface area contributed by atoms with Gasteiger partial charge in [0.05, 0.1) is 36.3 Å². The van der Waals surface area contributed by atoms with Crippen molar-refractivity contribution >= 4 is 90.5 Å². The molecule has 0 saturated carbocycles. The van der Waals surface area contributed by atoms with Gasteiger partial charge in [0.2, 0.25) is 0 Å². The zero-order valence-corrected chi connectivity index (χ0v) is 39.3. The molecule has 0 radical (unpaired) electrons. The summed E-state index contributed by atoms with van der Waals surface area (Å²) in [4.78, 5) is -4.19. The van der Waals surface area contributed by atoms with Gasteiger partial charge in [0.25, 0.3) is 0 Å². The van der Waals surface area contributed by atoms with Crippen molar-refractivity contribution in [2.24, 2.45) is 20.5 Å². The van der Waals surface area contributed by atoms with Crippen LogP contribution in [0.2, 0.25) is 0 Å². The Balaban J connectivity index is 0.00000364. The number of hydrogen-bond donors (Lipinski definition) is 4. The molecule has 0 bridgehead atoms. The molecule has 0 heterocycles. The molecule has 20 nitrogen and oxygen atoms in total. The number of nitrogens with zero attached hydrogens (tertiary/aromatic N) is 4. The second-order valence-corrected chi connectivity index (χ2v) is 15.5. The molecule has 0 aliphatic heterocycles. The average molecular weight is 858 g/mol. The summed E-state index contributed by atoms with van der Waals surface area (Å²) in [7, 11) is -21.0. The van der Waals surface area contributed by atoms with E-state index in [2.05, 4.69) is 20.5 Å². The number of aromatic hydroxyl groups is 3. The summed E-state index contributed by atoms with van der Waals surface area (Å²) in [6, 6.07) is 8.40. The van der Waals surface area contributed by atoms with E-state index in [4.69, 9.17) is 5.73 Å². The van der Waals surface area contributed by atoms with Gasteiger partial charge < -0.3 is 39.3 Å². The Morgan fingerprint density at radius 3 is 1.20 bits per heavy atom. The Morgan fingerprint density at radius 1 is 0.481 bits per heavy atom. The van der Waals surface area contributed by atoms with E-state index in [-0.39, 0.29) is 140 Å². The molecule has 28 heteroatoms. The van der Waals surface area contributed by atoms with Crippen LogP contribution in [0.1, 0.15) is 0 Å². The molecular formula is C26H15N5Na4O15S4. The van der Waals surface area contributed by atoms with Crippen molar-refractivity contribution in [3.63, 3.8) is 0 Å². The molecule has 0 aliphatic carbocycles. The third-order valence-corrected chi connectivity index (χ3v) is 10.1. The molecule has 0 saturated heterocycles. The maximum atomic E-state index is 12.0. The minimum Gasteiger partial charge on any atom is -0.744 e. The average Bonchev–Trinajstić information content (AvgIpc) is 2.98. The van der Waals surface area contributed by atoms with Crippen LogP contribution in [0.15, 0.2) is 101 Å². The third kappa shape index (κ3) is 11.0. The molecule has 54 heavy (non-hydrogen) atoms. The van der Waals surface area contributed by atoms with E-state index in [9.17, 15) is 67.2 Å². The van der Waals surface area contributed by atoms with Gasteiger partial charge in [-0.15, -0.1) is 10.2 Å². The number of nitrogen functional groups attached to an aromatic ring is 1. The molecule has 0 amide bonds. The van der Waals surface area contributed by atoms with Crippen molar-refractivity contribution in [3.8, 4) is 17.2 Å². The standard InChI is InChI=1S/C26H19N5O15S4.4Na/c27-17-9-15(47(35,36)37)5-11-7-19(49(41,42)43)23(25(33)21(11)17)30-28-13-1-3-14(4-2-13)29-31-24-20(50(44,45)46)8-12-6-16(48(38,39)40)10-18(32)22(12)26(24)34;;;;/h1-10,32-34H,27H2,(H,35,36,37)(H,38,39,40)(H,41,42,43)(H,44,45,46);;;;/q;4*+1/p-4. The Kier molecular flexibility index (Phi) is 17.4. The van der Waals surface area contributed by atoms with Crippen LogP contribution in [0.5, 0.6) is 17.2 Å². The normalized spacial score (nSPS) is 12.2. The van der Waals surface area contributed by atoms with Gasteiger partial charge in [-0.2, -0.15) is 10.2 Å². The van der Waals surface area contributed by atoms with E-state index in [1.165, 1.54) is 24.3 Å². The van der Waals surface area contributed by atoms with Crippen molar-refractivity contribution in [2.45, 2.75) is 19.6 Å². The number of hydrogen-bond acceptors (Lipinski definition) is 20. The maximum absolute atomic E-state index is 12.0. The molecule has 0 atom stereocenters. The van der Waals surface area contributed by atoms with Crippen molar-refractivity contribution in [2.75, 3.05) is 5.73 Å². The fraction of sp³-hybridized carbons (Fsp3) is 0. The smallest absolute Gasteiger partial charge is 0.744 e. The van der Waals surface area contributed by atoms with Gasteiger partial charge in [-0.25, -0.2) is 33.7 Å². The zero-order chi connectivity index (χ0) is 37.1. The molecule has 0 spiro atoms. The quantitative estimate of drug-likeness (QED) is 0.0487. The minimum absolute atomic E-state index is 0. The summed E-state index contributed by atoms with van der Waals surface area (Å²) in [6.07, 6.45) is 0. The molecule has 5 rings (SSSR count). The molecule has 262 valence electrons. The topological polar surface area (TPSA) is 365 Å². The first-order valence-electron chi connectivity index (χ1n) is 12.9. The first kappa shape index (κ1) is 50.7. The number of rotatable bonds is 8. The van der Waals surface area contributed by atoms with Crippen LogP contribution in [-0.4, -0.2) is 67.2 Å². The van der Waals surface area contributed by atoms with E-state index < -0.39 is 105 Å². The van der Waals surface area contributed by atoms with Crippen LogP contribution >= 0.6 is 0 Å². The fourth-order valence-electron chi connectivity index (χ4n) is 4.59. The summed E-state index contributed by atoms with van der Waals surface area (Å²) in [5.74, 6) is -3.07. The van der Waals surface area contributed by atoms with Gasteiger partial charge in [0, 0.05) is 11.1 Å². The van der Waals surface area contributed by atoms with Crippen LogP contribution < -0.4 is 124 Å². The number of anilines is 1. The largest absolute Gasteiger partial charge is 1.00 e. The number of azo groups is 2. The monoisotopic (exact) mass is 857 g/mol. The summed E-state index contributed by atoms with van der Waals surface area (Å²) < 4.78 is 140. The van der Waals surface area contributed by atoms with Gasteiger partial charge in [-0.3, -0.25) is 0 Å². The van der Waals surface area contributed by atoms with Gasteiger partial charge >= 0.3 is 118 Å². The molecule has 0 fully saturated rings. The molecule has 5 aromatic carbocycles. The number of phenolic OH excluding ortho intramolecular Hbond substituents is 3. The molecular weight excluding hydrogens is 843 g/mol. The van der Waals surface area contributed by atoms with E-state index in [1.54, 1.807) is 0 Å². The van der Waals surface area contributed by atoms with Crippen LogP contribution in [0.4, 0.5) is 28.4 Å². The predicted octanol–water partition coefficient (Wildman–Crippen LogP) is -8.84. The van der Waals surface area contributed by atoms with Crippen molar-refractivity contribution in [3.05, 3.63) is 60.7 Å². The minimum atomic E-state index is -5.43. The summed E-state index contributed by atoms with van der Waals surface area (Å²) in [5.41, 5.74) is 3.29. The number of fused-ring (bicyclic) bond motifs is 2. The van der Waals surface area contributed by atoms with E-state index in [0.29, 0.717) is 36.4 Å². The van der Waals surface area contributed by atoms with Gasteiger partial charge in [0.15, 0.2) is 11.5 Å². The Bertz CT molecular complexity index is 2620. The van der Waals surface area contributed by atoms with Gasteiger partial charge in [0.1, 0.15) is 57.6 Å². The summed E-state index contributed by atoms with van der Waals surface area (Å²) in [5, 5.41) is 44.6. The third-order valence-electron chi connectivity index (χ3n) is 6.75. The van der Waals surface area contributed by atoms with Gasteiger partial charge in [-0.1, -0.05) is 0 Å². The van der Waals surface area contributed by atoms with Crippen LogP contribution in [-0.2, 0) is 40.5 Å². The Labute approximate surface area is 394 Å².